The minimum absolute atomic E-state index is 0.196. The van der Waals surface area contributed by atoms with Crippen LogP contribution in [0.15, 0.2) is 54.6 Å². The topological polar surface area (TPSA) is 6.48 Å². The van der Waals surface area contributed by atoms with Crippen molar-refractivity contribution in [3.8, 4) is 11.1 Å². The van der Waals surface area contributed by atoms with E-state index in [2.05, 4.69) is 54.1 Å². The molecule has 3 heteroatoms. The highest BCUT2D eigenvalue weighted by atomic mass is 19.1. The molecule has 0 aromatic heterocycles. The molecule has 2 aromatic rings. The van der Waals surface area contributed by atoms with E-state index in [0.717, 1.165) is 43.9 Å². The van der Waals surface area contributed by atoms with Gasteiger partial charge >= 0.3 is 0 Å². The normalized spacial score (nSPS) is 17.2. The first-order valence-electron chi connectivity index (χ1n) is 8.56. The Morgan fingerprint density at radius 3 is 2.04 bits per heavy atom. The van der Waals surface area contributed by atoms with Crippen molar-refractivity contribution < 1.29 is 4.39 Å². The molecule has 126 valence electrons. The maximum atomic E-state index is 13.0. The number of allylic oxidation sites excluding steroid dienone is 1. The predicted molar refractivity (Wildman–Crippen MR) is 99.4 cm³/mol. The first kappa shape index (κ1) is 16.9. The van der Waals surface area contributed by atoms with Gasteiger partial charge in [-0.1, -0.05) is 42.5 Å². The van der Waals surface area contributed by atoms with Crippen LogP contribution in [0, 0.1) is 5.82 Å². The molecule has 1 saturated heterocycles. The molecule has 0 unspecified atom stereocenters. The highest BCUT2D eigenvalue weighted by molar-refractivity contribution is 5.69. The maximum absolute atomic E-state index is 13.0. The molecule has 0 N–H and O–H groups in total. The highest BCUT2D eigenvalue weighted by Crippen LogP contribution is 2.22. The second kappa shape index (κ2) is 7.73. The number of piperazine rings is 1. The maximum Gasteiger partial charge on any atom is 0.123 e. The van der Waals surface area contributed by atoms with E-state index in [-0.39, 0.29) is 5.82 Å². The number of nitrogens with zero attached hydrogens (tertiary/aromatic N) is 2. The summed E-state index contributed by atoms with van der Waals surface area (Å²) < 4.78 is 13.0. The first-order valence-corrected chi connectivity index (χ1v) is 8.56. The van der Waals surface area contributed by atoms with E-state index in [1.165, 1.54) is 23.3 Å². The Labute approximate surface area is 144 Å². The fourth-order valence-electron chi connectivity index (χ4n) is 2.98. The Balaban J connectivity index is 1.64. The Hall–Kier alpha value is -1.97. The third-order valence-electron chi connectivity index (χ3n) is 4.77. The van der Waals surface area contributed by atoms with Gasteiger partial charge in [0.2, 0.25) is 0 Å². The molecule has 0 amide bonds. The standard InChI is InChI=1S/C21H25FN2/c1-17(11-12-24-15-13-23(2)14-16-24)18-3-5-19(6-4-18)20-7-9-21(22)10-8-20/h3-11H,12-16H2,1-2H3/b17-11-. The summed E-state index contributed by atoms with van der Waals surface area (Å²) in [5, 5.41) is 0. The van der Waals surface area contributed by atoms with Gasteiger partial charge in [-0.05, 0) is 48.4 Å². The van der Waals surface area contributed by atoms with Gasteiger partial charge in [0.1, 0.15) is 5.82 Å². The predicted octanol–water partition coefficient (Wildman–Crippen LogP) is 4.14. The smallest absolute Gasteiger partial charge is 0.123 e. The Bertz CT molecular complexity index is 681. The van der Waals surface area contributed by atoms with Gasteiger partial charge in [0, 0.05) is 32.7 Å². The van der Waals surface area contributed by atoms with Crippen molar-refractivity contribution in [1.82, 2.24) is 9.80 Å². The third kappa shape index (κ3) is 4.31. The zero-order chi connectivity index (χ0) is 16.9. The van der Waals surface area contributed by atoms with Crippen molar-refractivity contribution >= 4 is 5.57 Å². The van der Waals surface area contributed by atoms with Gasteiger partial charge in [-0.15, -0.1) is 0 Å². The second-order valence-electron chi connectivity index (χ2n) is 6.58. The van der Waals surface area contributed by atoms with Gasteiger partial charge in [-0.25, -0.2) is 4.39 Å². The Kier molecular flexibility index (Phi) is 5.44. The van der Waals surface area contributed by atoms with E-state index < -0.39 is 0 Å². The second-order valence-corrected chi connectivity index (χ2v) is 6.58. The molecule has 1 fully saturated rings. The molecular formula is C21H25FN2. The lowest BCUT2D eigenvalue weighted by Crippen LogP contribution is -2.44. The van der Waals surface area contributed by atoms with Crippen LogP contribution in [0.2, 0.25) is 0 Å². The molecular weight excluding hydrogens is 299 g/mol. The monoisotopic (exact) mass is 324 g/mol. The van der Waals surface area contributed by atoms with Gasteiger partial charge in [0.25, 0.3) is 0 Å². The van der Waals surface area contributed by atoms with Crippen molar-refractivity contribution in [2.75, 3.05) is 39.8 Å². The van der Waals surface area contributed by atoms with E-state index in [4.69, 9.17) is 0 Å². The molecule has 2 aromatic carbocycles. The van der Waals surface area contributed by atoms with Crippen molar-refractivity contribution in [3.63, 3.8) is 0 Å². The average Bonchev–Trinajstić information content (AvgIpc) is 2.62. The van der Waals surface area contributed by atoms with Crippen LogP contribution < -0.4 is 0 Å². The van der Waals surface area contributed by atoms with Crippen LogP contribution >= 0.6 is 0 Å². The third-order valence-corrected chi connectivity index (χ3v) is 4.77. The number of rotatable bonds is 4. The molecule has 0 spiro atoms. The van der Waals surface area contributed by atoms with Crippen molar-refractivity contribution in [1.29, 1.82) is 0 Å². The Morgan fingerprint density at radius 2 is 1.46 bits per heavy atom. The molecule has 0 bridgehead atoms. The van der Waals surface area contributed by atoms with E-state index in [9.17, 15) is 4.39 Å². The molecule has 1 aliphatic rings. The van der Waals surface area contributed by atoms with E-state index in [1.807, 2.05) is 12.1 Å². The number of hydrogen-bond donors (Lipinski definition) is 0. The van der Waals surface area contributed by atoms with Crippen LogP contribution in [-0.4, -0.2) is 49.6 Å². The van der Waals surface area contributed by atoms with Crippen molar-refractivity contribution in [2.45, 2.75) is 6.92 Å². The summed E-state index contributed by atoms with van der Waals surface area (Å²) in [5.74, 6) is -0.196. The molecule has 24 heavy (non-hydrogen) atoms. The van der Waals surface area contributed by atoms with Gasteiger partial charge in [-0.2, -0.15) is 0 Å². The molecule has 0 radical (unpaired) electrons. The van der Waals surface area contributed by atoms with Crippen LogP contribution in [0.3, 0.4) is 0 Å². The largest absolute Gasteiger partial charge is 0.304 e. The number of likely N-dealkylation sites (N-methyl/N-ethyl adjacent to an activating group) is 1. The zero-order valence-electron chi connectivity index (χ0n) is 14.5. The summed E-state index contributed by atoms with van der Waals surface area (Å²) in [6.45, 7) is 7.77. The summed E-state index contributed by atoms with van der Waals surface area (Å²) in [4.78, 5) is 4.87. The fourth-order valence-corrected chi connectivity index (χ4v) is 2.98. The summed E-state index contributed by atoms with van der Waals surface area (Å²) in [6.07, 6.45) is 2.32. The molecule has 2 nitrogen and oxygen atoms in total. The van der Waals surface area contributed by atoms with E-state index in [0.29, 0.717) is 0 Å². The summed E-state index contributed by atoms with van der Waals surface area (Å²) in [6, 6.07) is 15.2. The molecule has 0 saturated carbocycles. The van der Waals surface area contributed by atoms with Crippen LogP contribution in [0.4, 0.5) is 4.39 Å². The lowest BCUT2D eigenvalue weighted by atomic mass is 10.0. The van der Waals surface area contributed by atoms with Gasteiger partial charge in [0.15, 0.2) is 0 Å². The number of benzene rings is 2. The van der Waals surface area contributed by atoms with E-state index >= 15 is 0 Å². The SMILES string of the molecule is C/C(=C/CN1CCN(C)CC1)c1ccc(-c2ccc(F)cc2)cc1. The quantitative estimate of drug-likeness (QED) is 0.834. The summed E-state index contributed by atoms with van der Waals surface area (Å²) in [5.41, 5.74) is 4.71. The molecule has 0 aliphatic carbocycles. The molecule has 3 rings (SSSR count). The summed E-state index contributed by atoms with van der Waals surface area (Å²) in [7, 11) is 2.18. The Morgan fingerprint density at radius 1 is 0.917 bits per heavy atom. The minimum atomic E-state index is -0.196. The fraction of sp³-hybridized carbons (Fsp3) is 0.333. The van der Waals surface area contributed by atoms with Crippen LogP contribution in [0.1, 0.15) is 12.5 Å². The van der Waals surface area contributed by atoms with Gasteiger partial charge in [0.05, 0.1) is 0 Å². The van der Waals surface area contributed by atoms with E-state index in [1.54, 1.807) is 0 Å². The number of halogens is 1. The minimum Gasteiger partial charge on any atom is -0.304 e. The first-order chi connectivity index (χ1) is 11.6. The molecule has 1 aliphatic heterocycles. The summed E-state index contributed by atoms with van der Waals surface area (Å²) >= 11 is 0. The van der Waals surface area contributed by atoms with Gasteiger partial charge in [-0.3, -0.25) is 4.90 Å². The lowest BCUT2D eigenvalue weighted by Gasteiger charge is -2.31. The van der Waals surface area contributed by atoms with Crippen LogP contribution in [0.5, 0.6) is 0 Å². The zero-order valence-corrected chi connectivity index (χ0v) is 14.5. The number of hydrogen-bond acceptors (Lipinski definition) is 2. The van der Waals surface area contributed by atoms with Crippen molar-refractivity contribution in [3.05, 3.63) is 66.0 Å². The van der Waals surface area contributed by atoms with Crippen LogP contribution in [0.25, 0.3) is 16.7 Å². The van der Waals surface area contributed by atoms with Crippen molar-refractivity contribution in [2.24, 2.45) is 0 Å². The lowest BCUT2D eigenvalue weighted by molar-refractivity contribution is 0.166. The van der Waals surface area contributed by atoms with Crippen LogP contribution in [-0.2, 0) is 0 Å². The average molecular weight is 324 g/mol. The molecule has 1 heterocycles. The molecule has 0 atom stereocenters. The van der Waals surface area contributed by atoms with Gasteiger partial charge < -0.3 is 4.90 Å². The highest BCUT2D eigenvalue weighted by Gasteiger charge is 2.12.